The summed E-state index contributed by atoms with van der Waals surface area (Å²) in [6.07, 6.45) is 0. The molecule has 0 amide bonds. The molecule has 5 heavy (non-hydrogen) atoms. The summed E-state index contributed by atoms with van der Waals surface area (Å²) in [5.41, 5.74) is 0. The van der Waals surface area contributed by atoms with Crippen LogP contribution in [0.1, 0.15) is 0 Å². The van der Waals surface area contributed by atoms with Crippen molar-refractivity contribution in [1.29, 1.82) is 0 Å². The second-order valence-electron chi connectivity index (χ2n) is 0.429. The molecule has 0 aromatic rings. The standard InChI is InChI=1S/Bi.4HI.H/h;4*1H;/q+4;;;;;/p-4. The van der Waals surface area contributed by atoms with Gasteiger partial charge in [0.25, 0.3) is 0 Å². The van der Waals surface area contributed by atoms with Crippen LogP contribution < -0.4 is 0 Å². The predicted octanol–water partition coefficient (Wildman–Crippen LogP) is 2.89. The Labute approximate surface area is 72.8 Å². The van der Waals surface area contributed by atoms with E-state index in [9.17, 15) is 0 Å². The summed E-state index contributed by atoms with van der Waals surface area (Å²) in [7, 11) is 0. The normalized spacial score (nSPS) is 15.2. The van der Waals surface area contributed by atoms with Gasteiger partial charge < -0.3 is 0 Å². The third-order valence-corrected chi connectivity index (χ3v) is 0. The molecule has 0 aliphatic rings. The van der Waals surface area contributed by atoms with Crippen LogP contribution in [0.4, 0.5) is 0 Å². The summed E-state index contributed by atoms with van der Waals surface area (Å²) in [6, 6.07) is 0. The molecule has 0 bridgehead atoms. The molecule has 0 N–H and O–H groups in total. The Balaban J connectivity index is 3.02. The summed E-state index contributed by atoms with van der Waals surface area (Å²) < 4.78 is -1.40. The van der Waals surface area contributed by atoms with Gasteiger partial charge in [0, 0.05) is 0 Å². The van der Waals surface area contributed by atoms with Gasteiger partial charge in [-0.05, 0) is 0 Å². The van der Waals surface area contributed by atoms with Crippen molar-refractivity contribution < 1.29 is 0 Å². The van der Waals surface area contributed by atoms with Crippen LogP contribution in [0, 0.1) is 0 Å². The molecule has 0 rings (SSSR count). The zero-order valence-corrected chi connectivity index (χ0v) is 14.5. The molecule has 0 aliphatic carbocycles. The fourth-order valence-electron chi connectivity index (χ4n) is 0. The molecule has 0 saturated heterocycles. The van der Waals surface area contributed by atoms with Crippen LogP contribution >= 0.6 is 72.2 Å². The van der Waals surface area contributed by atoms with E-state index >= 15 is 0 Å². The quantitative estimate of drug-likeness (QED) is 0.268. The van der Waals surface area contributed by atoms with Crippen molar-refractivity contribution in [2.24, 2.45) is 0 Å². The van der Waals surface area contributed by atoms with Crippen molar-refractivity contribution >= 4 is 75.7 Å². The number of hydrogen-bond acceptors (Lipinski definition) is 0. The van der Waals surface area contributed by atoms with E-state index in [0.29, 0.717) is 0 Å². The first-order chi connectivity index (χ1) is 2.00. The molecule has 0 aliphatic heterocycles. The van der Waals surface area contributed by atoms with E-state index in [1.165, 1.54) is 0 Å². The Bertz CT molecular complexity index is 19.1. The van der Waals surface area contributed by atoms with E-state index in [-0.39, 0.29) is 0 Å². The number of halogens is 4. The third kappa shape index (κ3) is 18.2. The molecule has 0 nitrogen and oxygen atoms in total. The summed E-state index contributed by atoms with van der Waals surface area (Å²) >= 11 is 10.2. The van der Waals surface area contributed by atoms with Gasteiger partial charge in [-0.15, -0.1) is 0 Å². The third-order valence-electron chi connectivity index (χ3n) is 0. The molecule has 0 aromatic carbocycles. The van der Waals surface area contributed by atoms with Crippen molar-refractivity contribution in [2.45, 2.75) is 0 Å². The minimum absolute atomic E-state index is 1.40. The van der Waals surface area contributed by atoms with Crippen LogP contribution in [0.2, 0.25) is 0 Å². The van der Waals surface area contributed by atoms with Crippen molar-refractivity contribution in [3.05, 3.63) is 0 Å². The Morgan fingerprint density at radius 1 is 0.800 bits per heavy atom. The Hall–Kier alpha value is 3.80. The van der Waals surface area contributed by atoms with Crippen LogP contribution in [-0.2, 0) is 0 Å². The van der Waals surface area contributed by atoms with Gasteiger partial charge in [0.2, 0.25) is 0 Å². The molecule has 0 heterocycles. The maximum atomic E-state index is 2.56. The summed E-state index contributed by atoms with van der Waals surface area (Å²) in [6.45, 7) is 0. The molecule has 0 saturated carbocycles. The minimum atomic E-state index is -1.40. The average molecular weight is 718 g/mol. The maximum absolute atomic E-state index is 2.56. The van der Waals surface area contributed by atoms with E-state index < -0.39 is 3.51 Å². The second-order valence-corrected chi connectivity index (χ2v) is 169. The number of rotatable bonds is 0. The van der Waals surface area contributed by atoms with E-state index in [4.69, 9.17) is 0 Å². The summed E-state index contributed by atoms with van der Waals surface area (Å²) in [4.78, 5) is 0. The average Bonchev–Trinajstić information content (AvgIpc) is 0.722. The van der Waals surface area contributed by atoms with E-state index in [0.717, 1.165) is 0 Å². The van der Waals surface area contributed by atoms with Crippen molar-refractivity contribution in [1.82, 2.24) is 0 Å². The molecular weight excluding hydrogens is 717 g/mol. The molecule has 0 radical (unpaired) electrons. The summed E-state index contributed by atoms with van der Waals surface area (Å²) in [5.74, 6) is 0. The molecule has 0 aromatic heterocycles. The van der Waals surface area contributed by atoms with Crippen molar-refractivity contribution in [2.75, 3.05) is 0 Å². The van der Waals surface area contributed by atoms with Gasteiger partial charge >= 0.3 is 75.7 Å². The van der Waals surface area contributed by atoms with Crippen LogP contribution in [0.3, 0.4) is 0 Å². The monoisotopic (exact) mass is 718 g/mol. The van der Waals surface area contributed by atoms with Crippen molar-refractivity contribution in [3.63, 3.8) is 0 Å². The van der Waals surface area contributed by atoms with Crippen LogP contribution in [0.15, 0.2) is 0 Å². The van der Waals surface area contributed by atoms with Crippen LogP contribution in [-0.4, -0.2) is 3.51 Å². The molecule has 0 spiro atoms. The van der Waals surface area contributed by atoms with Gasteiger partial charge in [-0.2, -0.15) is 0 Å². The zero-order valence-electron chi connectivity index (χ0n) is 2.01. The van der Waals surface area contributed by atoms with E-state index in [2.05, 4.69) is 72.2 Å². The molecule has 34 valence electrons. The van der Waals surface area contributed by atoms with E-state index in [1.54, 1.807) is 0 Å². The zero-order chi connectivity index (χ0) is 4.50. The first-order valence-corrected chi connectivity index (χ1v) is 44.5. The fourth-order valence-corrected chi connectivity index (χ4v) is 0. The summed E-state index contributed by atoms with van der Waals surface area (Å²) in [5, 5.41) is 0. The van der Waals surface area contributed by atoms with Gasteiger partial charge in [0.05, 0.1) is 0 Å². The van der Waals surface area contributed by atoms with E-state index in [1.807, 2.05) is 0 Å². The van der Waals surface area contributed by atoms with Crippen LogP contribution in [0.5, 0.6) is 0 Å². The molecule has 5 heteroatoms. The van der Waals surface area contributed by atoms with Gasteiger partial charge in [-0.3, -0.25) is 0 Å². The SMILES string of the molecule is [I][BiH]([I])([I])[I]. The second kappa shape index (κ2) is 3.76. The van der Waals surface area contributed by atoms with Gasteiger partial charge in [-0.1, -0.05) is 0 Å². The Morgan fingerprint density at radius 2 is 0.800 bits per heavy atom. The molecule has 0 unspecified atom stereocenters. The molecule has 0 fully saturated rings. The number of hydrogen-bond donors (Lipinski definition) is 0. The Morgan fingerprint density at radius 3 is 0.800 bits per heavy atom. The van der Waals surface area contributed by atoms with Crippen LogP contribution in [0.25, 0.3) is 0 Å². The predicted molar refractivity (Wildman–Crippen MR) is 63.2 cm³/mol. The molecular formula is HBiI4. The van der Waals surface area contributed by atoms with Gasteiger partial charge in [0.15, 0.2) is 0 Å². The first-order valence-electron chi connectivity index (χ1n) is 0.756. The Kier molecular flexibility index (Phi) is 6.62. The van der Waals surface area contributed by atoms with Gasteiger partial charge in [-0.25, -0.2) is 0 Å². The topological polar surface area (TPSA) is 0 Å². The first kappa shape index (κ1) is 8.80. The molecule has 0 atom stereocenters. The van der Waals surface area contributed by atoms with Crippen molar-refractivity contribution in [3.8, 4) is 0 Å². The van der Waals surface area contributed by atoms with Gasteiger partial charge in [0.1, 0.15) is 0 Å². The fraction of sp³-hybridized carbons (Fsp3) is 0.